The Hall–Kier alpha value is -3.67. The quantitative estimate of drug-likeness (QED) is 0.494. The normalized spacial score (nSPS) is 10.7. The highest BCUT2D eigenvalue weighted by Crippen LogP contribution is 2.22. The van der Waals surface area contributed by atoms with Crippen molar-refractivity contribution in [3.8, 4) is 11.4 Å². The van der Waals surface area contributed by atoms with E-state index in [4.69, 9.17) is 0 Å². The molecule has 0 aliphatic rings. The van der Waals surface area contributed by atoms with Crippen LogP contribution < -0.4 is 10.6 Å². The zero-order valence-electron chi connectivity index (χ0n) is 14.4. The van der Waals surface area contributed by atoms with Crippen LogP contribution in [0.5, 0.6) is 0 Å². The van der Waals surface area contributed by atoms with E-state index in [1.807, 2.05) is 48.5 Å². The smallest absolute Gasteiger partial charge is 0.319 e. The molecule has 0 aliphatic heterocycles. The topological polar surface area (TPSA) is 69.8 Å². The number of aromatic amines is 1. The van der Waals surface area contributed by atoms with Gasteiger partial charge in [0.25, 0.3) is 0 Å². The molecule has 0 atom stereocenters. The third-order valence-electron chi connectivity index (χ3n) is 4.17. The average molecular weight is 360 g/mol. The van der Waals surface area contributed by atoms with Crippen LogP contribution in [0.15, 0.2) is 72.8 Å². The molecule has 0 unspecified atom stereocenters. The van der Waals surface area contributed by atoms with Gasteiger partial charge in [-0.1, -0.05) is 24.3 Å². The van der Waals surface area contributed by atoms with E-state index in [1.165, 1.54) is 12.1 Å². The Labute approximate surface area is 155 Å². The number of nitrogens with zero attached hydrogens (tertiary/aromatic N) is 1. The standard InChI is InChI=1S/C21H17FN4O/c22-16-9-5-14(6-10-16)13-23-21(27)24-17-11-7-15(8-12-17)20-25-18-3-1-2-4-19(18)26-20/h1-12H,13H2,(H,25,26)(H2,23,24,27). The molecule has 134 valence electrons. The second-order valence-corrected chi connectivity index (χ2v) is 6.11. The maximum absolute atomic E-state index is 12.9. The fourth-order valence-corrected chi connectivity index (χ4v) is 2.76. The summed E-state index contributed by atoms with van der Waals surface area (Å²) in [6.07, 6.45) is 0. The van der Waals surface area contributed by atoms with Gasteiger partial charge in [0.2, 0.25) is 0 Å². The van der Waals surface area contributed by atoms with E-state index in [2.05, 4.69) is 20.6 Å². The van der Waals surface area contributed by atoms with Crippen LogP contribution in [0, 0.1) is 5.82 Å². The van der Waals surface area contributed by atoms with Crippen LogP contribution in [0.4, 0.5) is 14.9 Å². The van der Waals surface area contributed by atoms with Crippen molar-refractivity contribution in [1.82, 2.24) is 15.3 Å². The maximum atomic E-state index is 12.9. The first kappa shape index (κ1) is 16.8. The zero-order chi connectivity index (χ0) is 18.6. The van der Waals surface area contributed by atoms with Gasteiger partial charge in [0.15, 0.2) is 0 Å². The summed E-state index contributed by atoms with van der Waals surface area (Å²) in [5, 5.41) is 5.51. The van der Waals surface area contributed by atoms with Crippen molar-refractivity contribution in [2.24, 2.45) is 0 Å². The van der Waals surface area contributed by atoms with Gasteiger partial charge in [0, 0.05) is 17.8 Å². The summed E-state index contributed by atoms with van der Waals surface area (Å²) in [5.41, 5.74) is 4.33. The highest BCUT2D eigenvalue weighted by atomic mass is 19.1. The lowest BCUT2D eigenvalue weighted by Crippen LogP contribution is -2.28. The van der Waals surface area contributed by atoms with Crippen LogP contribution in [0.1, 0.15) is 5.56 Å². The number of fused-ring (bicyclic) bond motifs is 1. The number of imidazole rings is 1. The summed E-state index contributed by atoms with van der Waals surface area (Å²) in [6.45, 7) is 0.323. The highest BCUT2D eigenvalue weighted by molar-refractivity contribution is 5.89. The molecule has 0 spiro atoms. The average Bonchev–Trinajstić information content (AvgIpc) is 3.12. The van der Waals surface area contributed by atoms with E-state index < -0.39 is 0 Å². The van der Waals surface area contributed by atoms with Gasteiger partial charge in [-0.3, -0.25) is 0 Å². The fraction of sp³-hybridized carbons (Fsp3) is 0.0476. The molecule has 3 aromatic carbocycles. The lowest BCUT2D eigenvalue weighted by Gasteiger charge is -2.08. The minimum Gasteiger partial charge on any atom is -0.338 e. The van der Waals surface area contributed by atoms with E-state index in [9.17, 15) is 9.18 Å². The Bertz CT molecular complexity index is 1040. The Morgan fingerprint density at radius 1 is 0.963 bits per heavy atom. The minimum absolute atomic E-state index is 0.298. The van der Waals surface area contributed by atoms with E-state index in [0.717, 1.165) is 28.0 Å². The van der Waals surface area contributed by atoms with Crippen LogP contribution in [0.3, 0.4) is 0 Å². The number of urea groups is 1. The maximum Gasteiger partial charge on any atom is 0.319 e. The van der Waals surface area contributed by atoms with Crippen molar-refractivity contribution >= 4 is 22.8 Å². The third-order valence-corrected chi connectivity index (χ3v) is 4.17. The van der Waals surface area contributed by atoms with Crippen molar-refractivity contribution in [3.63, 3.8) is 0 Å². The van der Waals surface area contributed by atoms with E-state index in [1.54, 1.807) is 12.1 Å². The predicted molar refractivity (Wildman–Crippen MR) is 104 cm³/mol. The second kappa shape index (κ2) is 7.29. The number of anilines is 1. The number of aromatic nitrogens is 2. The first-order chi connectivity index (χ1) is 13.2. The van der Waals surface area contributed by atoms with Crippen LogP contribution in [0.2, 0.25) is 0 Å². The van der Waals surface area contributed by atoms with Gasteiger partial charge in [0.05, 0.1) is 11.0 Å². The molecule has 0 aliphatic carbocycles. The van der Waals surface area contributed by atoms with Gasteiger partial charge < -0.3 is 15.6 Å². The molecule has 3 N–H and O–H groups in total. The third kappa shape index (κ3) is 3.95. The predicted octanol–water partition coefficient (Wildman–Crippen LogP) is 4.69. The van der Waals surface area contributed by atoms with Gasteiger partial charge in [-0.25, -0.2) is 14.2 Å². The van der Waals surface area contributed by atoms with Crippen molar-refractivity contribution in [2.45, 2.75) is 6.54 Å². The molecule has 0 fully saturated rings. The molecular formula is C21H17FN4O. The fourth-order valence-electron chi connectivity index (χ4n) is 2.76. The number of H-pyrrole nitrogens is 1. The van der Waals surface area contributed by atoms with Crippen molar-refractivity contribution in [3.05, 3.63) is 84.2 Å². The van der Waals surface area contributed by atoms with Gasteiger partial charge in [-0.15, -0.1) is 0 Å². The first-order valence-electron chi connectivity index (χ1n) is 8.52. The molecule has 4 aromatic rings. The number of carbonyl (C=O) groups excluding carboxylic acids is 1. The zero-order valence-corrected chi connectivity index (χ0v) is 14.4. The SMILES string of the molecule is O=C(NCc1ccc(F)cc1)Nc1ccc(-c2nc3ccccc3[nH]2)cc1. The number of amides is 2. The lowest BCUT2D eigenvalue weighted by atomic mass is 10.2. The molecule has 4 rings (SSSR count). The Balaban J connectivity index is 1.38. The number of rotatable bonds is 4. The van der Waals surface area contributed by atoms with E-state index >= 15 is 0 Å². The molecule has 5 nitrogen and oxygen atoms in total. The molecule has 6 heteroatoms. The molecular weight excluding hydrogens is 343 g/mol. The van der Waals surface area contributed by atoms with Crippen molar-refractivity contribution in [2.75, 3.05) is 5.32 Å². The van der Waals surface area contributed by atoms with Crippen LogP contribution in [-0.4, -0.2) is 16.0 Å². The summed E-state index contributed by atoms with van der Waals surface area (Å²) < 4.78 is 12.9. The van der Waals surface area contributed by atoms with Crippen molar-refractivity contribution < 1.29 is 9.18 Å². The van der Waals surface area contributed by atoms with E-state index in [-0.39, 0.29) is 11.8 Å². The Morgan fingerprint density at radius 3 is 2.44 bits per heavy atom. The summed E-state index contributed by atoms with van der Waals surface area (Å²) >= 11 is 0. The van der Waals surface area contributed by atoms with Gasteiger partial charge in [-0.05, 0) is 54.1 Å². The molecule has 0 saturated heterocycles. The van der Waals surface area contributed by atoms with Crippen LogP contribution in [0.25, 0.3) is 22.4 Å². The molecule has 1 aromatic heterocycles. The minimum atomic E-state index is -0.323. The second-order valence-electron chi connectivity index (χ2n) is 6.11. The number of carbonyl (C=O) groups is 1. The Morgan fingerprint density at radius 2 is 1.70 bits per heavy atom. The summed E-state index contributed by atoms with van der Waals surface area (Å²) in [5.74, 6) is 0.483. The number of benzene rings is 3. The highest BCUT2D eigenvalue weighted by Gasteiger charge is 2.06. The van der Waals surface area contributed by atoms with Gasteiger partial charge >= 0.3 is 6.03 Å². The Kier molecular flexibility index (Phi) is 4.53. The molecule has 0 bridgehead atoms. The van der Waals surface area contributed by atoms with E-state index in [0.29, 0.717) is 12.2 Å². The number of hydrogen-bond donors (Lipinski definition) is 3. The molecule has 27 heavy (non-hydrogen) atoms. The number of hydrogen-bond acceptors (Lipinski definition) is 2. The molecule has 0 saturated carbocycles. The van der Waals surface area contributed by atoms with Gasteiger partial charge in [-0.2, -0.15) is 0 Å². The number of para-hydroxylation sites is 2. The molecule has 1 heterocycles. The number of halogens is 1. The summed E-state index contributed by atoms with van der Waals surface area (Å²) in [4.78, 5) is 19.8. The molecule has 0 radical (unpaired) electrons. The van der Waals surface area contributed by atoms with Crippen LogP contribution >= 0.6 is 0 Å². The summed E-state index contributed by atoms with van der Waals surface area (Å²) in [7, 11) is 0. The van der Waals surface area contributed by atoms with Gasteiger partial charge in [0.1, 0.15) is 11.6 Å². The molecule has 2 amide bonds. The first-order valence-corrected chi connectivity index (χ1v) is 8.52. The number of nitrogens with one attached hydrogen (secondary N) is 3. The van der Waals surface area contributed by atoms with Crippen LogP contribution in [-0.2, 0) is 6.54 Å². The largest absolute Gasteiger partial charge is 0.338 e. The monoisotopic (exact) mass is 360 g/mol. The lowest BCUT2D eigenvalue weighted by molar-refractivity contribution is 0.251. The summed E-state index contributed by atoms with van der Waals surface area (Å²) in [6, 6.07) is 21.0. The van der Waals surface area contributed by atoms with Crippen molar-refractivity contribution in [1.29, 1.82) is 0 Å².